The third kappa shape index (κ3) is 2.30. The third-order valence-corrected chi connectivity index (χ3v) is 3.80. The van der Waals surface area contributed by atoms with E-state index in [0.29, 0.717) is 35.9 Å². The molecule has 1 fully saturated rings. The predicted molar refractivity (Wildman–Crippen MR) is 73.9 cm³/mol. The van der Waals surface area contributed by atoms with Crippen LogP contribution in [0.1, 0.15) is 22.5 Å². The van der Waals surface area contributed by atoms with Crippen molar-refractivity contribution in [2.45, 2.75) is 19.0 Å². The Bertz CT molecular complexity index is 628. The summed E-state index contributed by atoms with van der Waals surface area (Å²) in [6, 6.07) is 7.57. The number of aromatic carboxylic acids is 1. The molecule has 5 nitrogen and oxygen atoms in total. The number of furan rings is 1. The fourth-order valence-corrected chi connectivity index (χ4v) is 2.67. The first-order valence-electron chi connectivity index (χ1n) is 6.68. The molecule has 0 amide bonds. The Morgan fingerprint density at radius 1 is 1.45 bits per heavy atom. The van der Waals surface area contributed by atoms with Crippen molar-refractivity contribution < 1.29 is 19.1 Å². The Morgan fingerprint density at radius 3 is 2.95 bits per heavy atom. The number of fused-ring (bicyclic) bond motifs is 1. The molecule has 1 N–H and O–H groups in total. The van der Waals surface area contributed by atoms with Crippen molar-refractivity contribution in [2.24, 2.45) is 0 Å². The number of ether oxygens (including phenoxy) is 1. The van der Waals surface area contributed by atoms with E-state index in [4.69, 9.17) is 9.15 Å². The summed E-state index contributed by atoms with van der Waals surface area (Å²) < 4.78 is 11.1. The first-order chi connectivity index (χ1) is 9.66. The number of carboxylic acids is 1. The second kappa shape index (κ2) is 5.26. The molecule has 1 aromatic carbocycles. The number of benzene rings is 1. The maximum absolute atomic E-state index is 11.5. The van der Waals surface area contributed by atoms with Gasteiger partial charge in [0, 0.05) is 18.0 Å². The van der Waals surface area contributed by atoms with E-state index in [0.717, 1.165) is 13.0 Å². The molecule has 1 saturated heterocycles. The van der Waals surface area contributed by atoms with Crippen molar-refractivity contribution in [3.8, 4) is 0 Å². The lowest BCUT2D eigenvalue weighted by Crippen LogP contribution is -2.31. The summed E-state index contributed by atoms with van der Waals surface area (Å²) in [5.41, 5.74) is 0.891. The second-order valence-electron chi connectivity index (χ2n) is 5.13. The summed E-state index contributed by atoms with van der Waals surface area (Å²) in [4.78, 5) is 13.6. The highest BCUT2D eigenvalue weighted by atomic mass is 16.5. The molecular formula is C15H17NO4. The van der Waals surface area contributed by atoms with E-state index >= 15 is 0 Å². The fraction of sp³-hybridized carbons (Fsp3) is 0.400. The first-order valence-corrected chi connectivity index (χ1v) is 6.68. The summed E-state index contributed by atoms with van der Waals surface area (Å²) in [5.74, 6) is -0.436. The van der Waals surface area contributed by atoms with Gasteiger partial charge in [0.05, 0.1) is 13.2 Å². The molecular weight excluding hydrogens is 258 g/mol. The number of likely N-dealkylation sites (N-methyl/N-ethyl adjacent to an activating group) is 1. The van der Waals surface area contributed by atoms with Crippen LogP contribution in [-0.4, -0.2) is 42.3 Å². The van der Waals surface area contributed by atoms with Crippen molar-refractivity contribution in [1.29, 1.82) is 0 Å². The van der Waals surface area contributed by atoms with Gasteiger partial charge in [0.1, 0.15) is 16.9 Å². The number of carbonyl (C=O) groups is 1. The van der Waals surface area contributed by atoms with Gasteiger partial charge in [0.2, 0.25) is 0 Å². The normalized spacial score (nSPS) is 19.0. The van der Waals surface area contributed by atoms with Gasteiger partial charge in [-0.3, -0.25) is 4.90 Å². The lowest BCUT2D eigenvalue weighted by molar-refractivity contribution is 0.0694. The summed E-state index contributed by atoms with van der Waals surface area (Å²) >= 11 is 0. The highest BCUT2D eigenvalue weighted by molar-refractivity contribution is 6.03. The van der Waals surface area contributed by atoms with Crippen molar-refractivity contribution in [3.63, 3.8) is 0 Å². The molecule has 20 heavy (non-hydrogen) atoms. The van der Waals surface area contributed by atoms with Crippen molar-refractivity contribution in [2.75, 3.05) is 20.3 Å². The Balaban J connectivity index is 1.93. The van der Waals surface area contributed by atoms with Gasteiger partial charge in [-0.25, -0.2) is 4.79 Å². The Labute approximate surface area is 116 Å². The van der Waals surface area contributed by atoms with Gasteiger partial charge in [-0.05, 0) is 19.5 Å². The molecule has 0 aliphatic carbocycles. The minimum Gasteiger partial charge on any atom is -0.478 e. The van der Waals surface area contributed by atoms with Crippen molar-refractivity contribution in [1.82, 2.24) is 4.90 Å². The molecule has 3 rings (SSSR count). The number of hydrogen-bond acceptors (Lipinski definition) is 4. The van der Waals surface area contributed by atoms with Crippen molar-refractivity contribution >= 4 is 16.9 Å². The van der Waals surface area contributed by atoms with E-state index in [2.05, 4.69) is 4.90 Å². The van der Waals surface area contributed by atoms with Crippen molar-refractivity contribution in [3.05, 3.63) is 35.6 Å². The van der Waals surface area contributed by atoms with Crippen LogP contribution in [0.2, 0.25) is 0 Å². The molecule has 2 heterocycles. The summed E-state index contributed by atoms with van der Waals surface area (Å²) in [6.45, 7) is 1.93. The zero-order valence-corrected chi connectivity index (χ0v) is 11.3. The molecule has 0 spiro atoms. The molecule has 106 valence electrons. The van der Waals surface area contributed by atoms with Crippen LogP contribution in [0.25, 0.3) is 11.0 Å². The third-order valence-electron chi connectivity index (χ3n) is 3.80. The highest BCUT2D eigenvalue weighted by Gasteiger charge is 2.25. The monoisotopic (exact) mass is 275 g/mol. The van der Waals surface area contributed by atoms with Gasteiger partial charge in [-0.1, -0.05) is 18.2 Å². The van der Waals surface area contributed by atoms with E-state index in [-0.39, 0.29) is 5.56 Å². The standard InChI is InChI=1S/C15H17NO4/c1-16(10-6-7-19-9-10)8-13-14(15(17)18)11-4-2-3-5-12(11)20-13/h2-5,10H,6-9H2,1H3,(H,17,18). The molecule has 5 heteroatoms. The summed E-state index contributed by atoms with van der Waals surface area (Å²) in [5, 5.41) is 10.1. The van der Waals surface area contributed by atoms with Gasteiger partial charge in [0.25, 0.3) is 0 Å². The minimum atomic E-state index is -0.943. The fourth-order valence-electron chi connectivity index (χ4n) is 2.67. The van der Waals surface area contributed by atoms with Crippen LogP contribution in [-0.2, 0) is 11.3 Å². The molecule has 0 bridgehead atoms. The maximum atomic E-state index is 11.5. The van der Waals surface area contributed by atoms with Crippen LogP contribution in [0.5, 0.6) is 0 Å². The van der Waals surface area contributed by atoms with E-state index in [9.17, 15) is 9.90 Å². The lowest BCUT2D eigenvalue weighted by Gasteiger charge is -2.21. The van der Waals surface area contributed by atoms with E-state index in [1.54, 1.807) is 12.1 Å². The molecule has 0 radical (unpaired) electrons. The number of hydrogen-bond donors (Lipinski definition) is 1. The lowest BCUT2D eigenvalue weighted by atomic mass is 10.1. The van der Waals surface area contributed by atoms with E-state index < -0.39 is 5.97 Å². The highest BCUT2D eigenvalue weighted by Crippen LogP contribution is 2.27. The average Bonchev–Trinajstić information content (AvgIpc) is 3.05. The molecule has 1 unspecified atom stereocenters. The van der Waals surface area contributed by atoms with Crippen LogP contribution in [0.3, 0.4) is 0 Å². The average molecular weight is 275 g/mol. The molecule has 2 aromatic rings. The molecule has 1 atom stereocenters. The largest absolute Gasteiger partial charge is 0.478 e. The van der Waals surface area contributed by atoms with Crippen LogP contribution < -0.4 is 0 Å². The number of nitrogens with zero attached hydrogens (tertiary/aromatic N) is 1. The minimum absolute atomic E-state index is 0.270. The summed E-state index contributed by atoms with van der Waals surface area (Å²) in [6.07, 6.45) is 0.971. The molecule has 1 aliphatic heterocycles. The topological polar surface area (TPSA) is 62.9 Å². The molecule has 1 aromatic heterocycles. The van der Waals surface area contributed by atoms with E-state index in [1.165, 1.54) is 0 Å². The Morgan fingerprint density at radius 2 is 2.25 bits per heavy atom. The smallest absolute Gasteiger partial charge is 0.339 e. The predicted octanol–water partition coefficient (Wildman–Crippen LogP) is 2.35. The van der Waals surface area contributed by atoms with Crippen LogP contribution in [0.15, 0.2) is 28.7 Å². The van der Waals surface area contributed by atoms with E-state index in [1.807, 2.05) is 19.2 Å². The zero-order chi connectivity index (χ0) is 14.1. The van der Waals surface area contributed by atoms with Crippen LogP contribution in [0.4, 0.5) is 0 Å². The summed E-state index contributed by atoms with van der Waals surface area (Å²) in [7, 11) is 1.97. The van der Waals surface area contributed by atoms with Gasteiger partial charge in [-0.15, -0.1) is 0 Å². The molecule has 1 aliphatic rings. The van der Waals surface area contributed by atoms with Gasteiger partial charge >= 0.3 is 5.97 Å². The quantitative estimate of drug-likeness (QED) is 0.928. The van der Waals surface area contributed by atoms with Gasteiger partial charge < -0.3 is 14.3 Å². The van der Waals surface area contributed by atoms with Crippen LogP contribution in [0, 0.1) is 0 Å². The zero-order valence-electron chi connectivity index (χ0n) is 11.3. The SMILES string of the molecule is CN(Cc1oc2ccccc2c1C(=O)O)C1CCOC1. The Kier molecular flexibility index (Phi) is 3.46. The van der Waals surface area contributed by atoms with Gasteiger partial charge in [-0.2, -0.15) is 0 Å². The Hall–Kier alpha value is -1.85. The number of para-hydroxylation sites is 1. The van der Waals surface area contributed by atoms with Gasteiger partial charge in [0.15, 0.2) is 0 Å². The maximum Gasteiger partial charge on any atom is 0.339 e. The first kappa shape index (κ1) is 13.1. The van der Waals surface area contributed by atoms with Crippen LogP contribution >= 0.6 is 0 Å². The second-order valence-corrected chi connectivity index (χ2v) is 5.13. The molecule has 0 saturated carbocycles. The number of carboxylic acid groups (broad SMARTS) is 1. The number of rotatable bonds is 4.